The molecule has 0 atom stereocenters. The van der Waals surface area contributed by atoms with Crippen LogP contribution in [0.15, 0.2) is 53.9 Å². The van der Waals surface area contributed by atoms with Crippen LogP contribution >= 0.6 is 11.3 Å². The van der Waals surface area contributed by atoms with Gasteiger partial charge in [0.2, 0.25) is 0 Å². The fourth-order valence-corrected chi connectivity index (χ4v) is 4.68. The number of thiazole rings is 1. The second kappa shape index (κ2) is 9.96. The quantitative estimate of drug-likeness (QED) is 0.459. The number of benzene rings is 2. The standard InChI is InChI=1S/C25H28N2O3S/c1-3-29-24(28)20-11-13-27(14-12-20)25-26-22(17-31-25)21-15-18(2)9-10-23(21)30-16-19-7-5-4-6-8-19/h4-10,15,17,20H,3,11-14,16H2,1-2H3. The second-order valence-electron chi connectivity index (χ2n) is 7.80. The van der Waals surface area contributed by atoms with Crippen molar-refractivity contribution in [1.29, 1.82) is 0 Å². The van der Waals surface area contributed by atoms with Gasteiger partial charge in [-0.1, -0.05) is 42.0 Å². The maximum absolute atomic E-state index is 12.0. The lowest BCUT2D eigenvalue weighted by molar-refractivity contribution is -0.148. The number of piperidine rings is 1. The molecular formula is C25H28N2O3S. The predicted molar refractivity (Wildman–Crippen MR) is 125 cm³/mol. The zero-order valence-electron chi connectivity index (χ0n) is 18.0. The lowest BCUT2D eigenvalue weighted by Crippen LogP contribution is -2.36. The SMILES string of the molecule is CCOC(=O)C1CCN(c2nc(-c3cc(C)ccc3OCc3ccccc3)cs2)CC1. The number of anilines is 1. The van der Waals surface area contributed by atoms with Gasteiger partial charge in [0, 0.05) is 24.0 Å². The van der Waals surface area contributed by atoms with Gasteiger partial charge in [-0.2, -0.15) is 0 Å². The van der Waals surface area contributed by atoms with E-state index in [-0.39, 0.29) is 11.9 Å². The van der Waals surface area contributed by atoms with Gasteiger partial charge >= 0.3 is 5.97 Å². The third kappa shape index (κ3) is 5.25. The van der Waals surface area contributed by atoms with E-state index in [9.17, 15) is 4.79 Å². The van der Waals surface area contributed by atoms with Gasteiger partial charge in [-0.15, -0.1) is 11.3 Å². The van der Waals surface area contributed by atoms with E-state index in [1.54, 1.807) is 11.3 Å². The van der Waals surface area contributed by atoms with E-state index in [0.29, 0.717) is 13.2 Å². The highest BCUT2D eigenvalue weighted by Gasteiger charge is 2.27. The Balaban J connectivity index is 1.46. The molecule has 0 unspecified atom stereocenters. The Morgan fingerprint density at radius 1 is 1.16 bits per heavy atom. The molecule has 0 N–H and O–H groups in total. The summed E-state index contributed by atoms with van der Waals surface area (Å²) in [7, 11) is 0. The summed E-state index contributed by atoms with van der Waals surface area (Å²) in [5.74, 6) is 0.777. The molecule has 3 aromatic rings. The van der Waals surface area contributed by atoms with E-state index >= 15 is 0 Å². The van der Waals surface area contributed by atoms with Crippen molar-refractivity contribution in [2.75, 3.05) is 24.6 Å². The van der Waals surface area contributed by atoms with Crippen LogP contribution in [-0.2, 0) is 16.1 Å². The number of aryl methyl sites for hydroxylation is 1. The van der Waals surface area contributed by atoms with E-state index in [2.05, 4.69) is 41.5 Å². The molecule has 1 aromatic heterocycles. The van der Waals surface area contributed by atoms with E-state index in [1.165, 1.54) is 5.56 Å². The zero-order chi connectivity index (χ0) is 21.6. The molecule has 0 spiro atoms. The van der Waals surface area contributed by atoms with Gasteiger partial charge in [-0.05, 0) is 44.4 Å². The monoisotopic (exact) mass is 436 g/mol. The Bertz CT molecular complexity index is 1010. The summed E-state index contributed by atoms with van der Waals surface area (Å²) >= 11 is 1.64. The molecule has 0 saturated carbocycles. The van der Waals surface area contributed by atoms with Gasteiger partial charge in [0.1, 0.15) is 12.4 Å². The molecule has 0 radical (unpaired) electrons. The van der Waals surface area contributed by atoms with Gasteiger partial charge in [-0.25, -0.2) is 4.98 Å². The van der Waals surface area contributed by atoms with E-state index in [4.69, 9.17) is 14.5 Å². The Hall–Kier alpha value is -2.86. The molecule has 0 aliphatic carbocycles. The normalized spacial score (nSPS) is 14.5. The highest BCUT2D eigenvalue weighted by molar-refractivity contribution is 7.14. The number of rotatable bonds is 7. The largest absolute Gasteiger partial charge is 0.488 e. The molecule has 6 heteroatoms. The minimum atomic E-state index is -0.0676. The molecule has 162 valence electrons. The van der Waals surface area contributed by atoms with Gasteiger partial charge in [0.05, 0.1) is 18.2 Å². The van der Waals surface area contributed by atoms with Gasteiger partial charge in [0.15, 0.2) is 5.13 Å². The fraction of sp³-hybridized carbons (Fsp3) is 0.360. The van der Waals surface area contributed by atoms with Gasteiger partial charge in [0.25, 0.3) is 0 Å². The third-order valence-corrected chi connectivity index (χ3v) is 6.43. The molecule has 4 rings (SSSR count). The van der Waals surface area contributed by atoms with Crippen LogP contribution in [0.4, 0.5) is 5.13 Å². The molecule has 0 bridgehead atoms. The number of hydrogen-bond donors (Lipinski definition) is 0. The molecule has 1 aliphatic heterocycles. The maximum atomic E-state index is 12.0. The van der Waals surface area contributed by atoms with Crippen molar-refractivity contribution in [1.82, 2.24) is 4.98 Å². The lowest BCUT2D eigenvalue weighted by atomic mass is 9.97. The van der Waals surface area contributed by atoms with Crippen LogP contribution in [0.2, 0.25) is 0 Å². The molecule has 1 fully saturated rings. The van der Waals surface area contributed by atoms with Crippen LogP contribution in [0.1, 0.15) is 30.9 Å². The van der Waals surface area contributed by atoms with Crippen molar-refractivity contribution in [2.45, 2.75) is 33.3 Å². The Labute approximate surface area is 187 Å². The summed E-state index contributed by atoms with van der Waals surface area (Å²) in [6.07, 6.45) is 1.62. The highest BCUT2D eigenvalue weighted by atomic mass is 32.1. The molecule has 31 heavy (non-hydrogen) atoms. The number of carbonyl (C=O) groups is 1. The van der Waals surface area contributed by atoms with Crippen LogP contribution in [0.25, 0.3) is 11.3 Å². The first-order valence-corrected chi connectivity index (χ1v) is 11.7. The summed E-state index contributed by atoms with van der Waals surface area (Å²) in [6, 6.07) is 16.4. The van der Waals surface area contributed by atoms with E-state index in [0.717, 1.165) is 53.6 Å². The number of aromatic nitrogens is 1. The number of esters is 1. The van der Waals surface area contributed by atoms with Crippen molar-refractivity contribution >= 4 is 22.4 Å². The van der Waals surface area contributed by atoms with Crippen LogP contribution in [-0.4, -0.2) is 30.6 Å². The summed E-state index contributed by atoms with van der Waals surface area (Å²) in [6.45, 7) is 6.55. The van der Waals surface area contributed by atoms with Crippen molar-refractivity contribution in [3.05, 3.63) is 65.0 Å². The highest BCUT2D eigenvalue weighted by Crippen LogP contribution is 2.35. The number of carbonyl (C=O) groups excluding carboxylic acids is 1. The van der Waals surface area contributed by atoms with Crippen molar-refractivity contribution in [3.8, 4) is 17.0 Å². The zero-order valence-corrected chi connectivity index (χ0v) is 18.9. The first-order chi connectivity index (χ1) is 15.1. The van der Waals surface area contributed by atoms with E-state index < -0.39 is 0 Å². The van der Waals surface area contributed by atoms with Crippen LogP contribution < -0.4 is 9.64 Å². The minimum Gasteiger partial charge on any atom is -0.488 e. The van der Waals surface area contributed by atoms with E-state index in [1.807, 2.05) is 31.2 Å². The average Bonchev–Trinajstić information content (AvgIpc) is 3.29. The van der Waals surface area contributed by atoms with Crippen molar-refractivity contribution < 1.29 is 14.3 Å². The Kier molecular flexibility index (Phi) is 6.87. The predicted octanol–water partition coefficient (Wildman–Crippen LogP) is 5.48. The molecule has 1 saturated heterocycles. The molecule has 2 heterocycles. The molecular weight excluding hydrogens is 408 g/mol. The van der Waals surface area contributed by atoms with Crippen molar-refractivity contribution in [3.63, 3.8) is 0 Å². The van der Waals surface area contributed by atoms with Gasteiger partial charge in [-0.3, -0.25) is 4.79 Å². The summed E-state index contributed by atoms with van der Waals surface area (Å²) in [4.78, 5) is 19.2. The summed E-state index contributed by atoms with van der Waals surface area (Å²) in [5, 5.41) is 3.09. The fourth-order valence-electron chi connectivity index (χ4n) is 3.80. The van der Waals surface area contributed by atoms with Gasteiger partial charge < -0.3 is 14.4 Å². The lowest BCUT2D eigenvalue weighted by Gasteiger charge is -2.30. The maximum Gasteiger partial charge on any atom is 0.309 e. The van der Waals surface area contributed by atoms with Crippen LogP contribution in [0.3, 0.4) is 0 Å². The first kappa shape index (κ1) is 21.4. The molecule has 1 aliphatic rings. The van der Waals surface area contributed by atoms with Crippen molar-refractivity contribution in [2.24, 2.45) is 5.92 Å². The molecule has 2 aromatic carbocycles. The Morgan fingerprint density at radius 2 is 1.94 bits per heavy atom. The van der Waals surface area contributed by atoms with Crippen LogP contribution in [0, 0.1) is 12.8 Å². The second-order valence-corrected chi connectivity index (χ2v) is 8.64. The first-order valence-electron chi connectivity index (χ1n) is 10.8. The average molecular weight is 437 g/mol. The number of nitrogens with zero attached hydrogens (tertiary/aromatic N) is 2. The topological polar surface area (TPSA) is 51.7 Å². The number of hydrogen-bond acceptors (Lipinski definition) is 6. The molecule has 0 amide bonds. The number of ether oxygens (including phenoxy) is 2. The van der Waals surface area contributed by atoms with Crippen LogP contribution in [0.5, 0.6) is 5.75 Å². The molecule has 5 nitrogen and oxygen atoms in total. The minimum absolute atomic E-state index is 0.00500. The summed E-state index contributed by atoms with van der Waals surface area (Å²) < 4.78 is 11.3. The Morgan fingerprint density at radius 3 is 2.68 bits per heavy atom. The third-order valence-electron chi connectivity index (χ3n) is 5.53. The summed E-state index contributed by atoms with van der Waals surface area (Å²) in [5.41, 5.74) is 4.25. The smallest absolute Gasteiger partial charge is 0.309 e.